The van der Waals surface area contributed by atoms with E-state index in [9.17, 15) is 0 Å². The Morgan fingerprint density at radius 1 is 1.19 bits per heavy atom. The van der Waals surface area contributed by atoms with Crippen molar-refractivity contribution in [2.75, 3.05) is 13.2 Å². The van der Waals surface area contributed by atoms with Crippen molar-refractivity contribution in [2.45, 2.75) is 19.9 Å². The number of hydrogen-bond donors (Lipinski definition) is 1. The van der Waals surface area contributed by atoms with Gasteiger partial charge in [-0.2, -0.15) is 0 Å². The Morgan fingerprint density at radius 2 is 1.81 bits per heavy atom. The van der Waals surface area contributed by atoms with Crippen LogP contribution in [-0.4, -0.2) is 13.2 Å². The van der Waals surface area contributed by atoms with Gasteiger partial charge in [0.25, 0.3) is 0 Å². The summed E-state index contributed by atoms with van der Waals surface area (Å²) >= 11 is 11.4. The fourth-order valence-corrected chi connectivity index (χ4v) is 3.48. The van der Waals surface area contributed by atoms with Crippen LogP contribution >= 0.6 is 38.9 Å². The van der Waals surface area contributed by atoms with Crippen LogP contribution in [0.4, 0.5) is 0 Å². The van der Waals surface area contributed by atoms with E-state index in [1.54, 1.807) is 17.4 Å². The molecule has 3 nitrogen and oxygen atoms in total. The zero-order chi connectivity index (χ0) is 15.4. The van der Waals surface area contributed by atoms with Gasteiger partial charge < -0.3 is 15.2 Å². The molecule has 0 fully saturated rings. The molecule has 1 unspecified atom stereocenters. The minimum Gasteiger partial charge on any atom is -0.490 e. The van der Waals surface area contributed by atoms with Crippen molar-refractivity contribution in [2.24, 2.45) is 5.73 Å². The first-order chi connectivity index (χ1) is 10.1. The van der Waals surface area contributed by atoms with E-state index in [-0.39, 0.29) is 6.04 Å². The molecule has 0 aliphatic heterocycles. The Hall–Kier alpha value is -0.750. The Bertz CT molecular complexity index is 618. The van der Waals surface area contributed by atoms with Crippen molar-refractivity contribution in [3.8, 4) is 11.5 Å². The first-order valence-corrected chi connectivity index (χ1v) is 8.70. The van der Waals surface area contributed by atoms with Gasteiger partial charge in [0.2, 0.25) is 0 Å². The van der Waals surface area contributed by atoms with Crippen molar-refractivity contribution < 1.29 is 9.47 Å². The van der Waals surface area contributed by atoms with Gasteiger partial charge in [-0.3, -0.25) is 0 Å². The van der Waals surface area contributed by atoms with Gasteiger partial charge >= 0.3 is 0 Å². The van der Waals surface area contributed by atoms with Crippen molar-refractivity contribution in [1.82, 2.24) is 0 Å². The minimum atomic E-state index is -0.296. The lowest BCUT2D eigenvalue weighted by Crippen LogP contribution is -2.12. The molecule has 0 bridgehead atoms. The maximum atomic E-state index is 6.36. The predicted octanol–water partition coefficient (Wildman–Crippen LogP) is 5.01. The van der Waals surface area contributed by atoms with Gasteiger partial charge in [0.15, 0.2) is 11.5 Å². The summed E-state index contributed by atoms with van der Waals surface area (Å²) in [6, 6.07) is 5.34. The Morgan fingerprint density at radius 3 is 2.33 bits per heavy atom. The van der Waals surface area contributed by atoms with Crippen LogP contribution in [0.2, 0.25) is 5.02 Å². The second-order valence-electron chi connectivity index (χ2n) is 4.35. The molecule has 114 valence electrons. The third kappa shape index (κ3) is 3.92. The van der Waals surface area contributed by atoms with Crippen LogP contribution in [0.1, 0.15) is 31.0 Å². The van der Waals surface area contributed by atoms with E-state index in [2.05, 4.69) is 15.9 Å². The summed E-state index contributed by atoms with van der Waals surface area (Å²) < 4.78 is 12.2. The number of ether oxygens (including phenoxy) is 2. The molecular weight excluding hydrogens is 374 g/mol. The molecule has 6 heteroatoms. The first kappa shape index (κ1) is 16.6. The quantitative estimate of drug-likeness (QED) is 0.754. The topological polar surface area (TPSA) is 44.5 Å². The molecule has 1 aromatic heterocycles. The smallest absolute Gasteiger partial charge is 0.162 e. The highest BCUT2D eigenvalue weighted by Crippen LogP contribution is 2.38. The molecule has 0 spiro atoms. The van der Waals surface area contributed by atoms with Crippen molar-refractivity contribution in [3.63, 3.8) is 0 Å². The monoisotopic (exact) mass is 389 g/mol. The van der Waals surface area contributed by atoms with Gasteiger partial charge in [-0.05, 0) is 58.4 Å². The maximum absolute atomic E-state index is 6.36. The molecule has 1 atom stereocenters. The molecule has 2 N–H and O–H groups in total. The number of rotatable bonds is 6. The van der Waals surface area contributed by atoms with Gasteiger partial charge in [-0.1, -0.05) is 11.6 Å². The summed E-state index contributed by atoms with van der Waals surface area (Å²) in [6.07, 6.45) is 0. The van der Waals surface area contributed by atoms with Crippen LogP contribution in [-0.2, 0) is 0 Å². The summed E-state index contributed by atoms with van der Waals surface area (Å²) in [4.78, 5) is 0. The Balaban J connectivity index is 2.40. The van der Waals surface area contributed by atoms with Gasteiger partial charge in [-0.15, -0.1) is 11.3 Å². The molecule has 0 aliphatic carbocycles. The van der Waals surface area contributed by atoms with Crippen LogP contribution in [0.3, 0.4) is 0 Å². The molecule has 2 rings (SSSR count). The molecule has 0 saturated carbocycles. The fraction of sp³-hybridized carbons (Fsp3) is 0.333. The Labute approximate surface area is 142 Å². The van der Waals surface area contributed by atoms with Crippen LogP contribution in [0, 0.1) is 0 Å². The normalized spacial score (nSPS) is 12.2. The number of benzene rings is 1. The van der Waals surface area contributed by atoms with Crippen molar-refractivity contribution in [3.05, 3.63) is 43.5 Å². The van der Waals surface area contributed by atoms with E-state index in [4.69, 9.17) is 26.8 Å². The third-order valence-electron chi connectivity index (χ3n) is 2.94. The number of nitrogens with two attached hydrogens (primary N) is 1. The van der Waals surface area contributed by atoms with Crippen LogP contribution < -0.4 is 15.2 Å². The summed E-state index contributed by atoms with van der Waals surface area (Å²) in [6.45, 7) is 4.96. The van der Waals surface area contributed by atoms with E-state index < -0.39 is 0 Å². The van der Waals surface area contributed by atoms with Crippen molar-refractivity contribution in [1.29, 1.82) is 0 Å². The summed E-state index contributed by atoms with van der Waals surface area (Å²) in [5.41, 5.74) is 8.17. The number of hydrogen-bond acceptors (Lipinski definition) is 4. The maximum Gasteiger partial charge on any atom is 0.162 e. The van der Waals surface area contributed by atoms with E-state index in [1.165, 1.54) is 0 Å². The summed E-state index contributed by atoms with van der Waals surface area (Å²) in [5, 5.41) is 2.60. The number of thiophene rings is 1. The second kappa shape index (κ2) is 7.49. The van der Waals surface area contributed by atoms with Gasteiger partial charge in [0.05, 0.1) is 23.0 Å². The van der Waals surface area contributed by atoms with Crippen LogP contribution in [0.15, 0.2) is 27.4 Å². The highest BCUT2D eigenvalue weighted by atomic mass is 79.9. The average molecular weight is 391 g/mol. The summed E-state index contributed by atoms with van der Waals surface area (Å²) in [5.74, 6) is 1.32. The second-order valence-corrected chi connectivity index (χ2v) is 7.05. The lowest BCUT2D eigenvalue weighted by Gasteiger charge is -2.17. The molecular formula is C15H17BrClNO2S. The predicted molar refractivity (Wildman–Crippen MR) is 91.8 cm³/mol. The molecule has 0 amide bonds. The SMILES string of the molecule is CCOc1cc(Cl)c(C(N)c2csc(Br)c2)cc1OCC. The van der Waals surface area contributed by atoms with E-state index in [1.807, 2.05) is 31.4 Å². The average Bonchev–Trinajstić information content (AvgIpc) is 2.88. The summed E-state index contributed by atoms with van der Waals surface area (Å²) in [7, 11) is 0. The number of halogens is 2. The van der Waals surface area contributed by atoms with Crippen LogP contribution in [0.5, 0.6) is 11.5 Å². The lowest BCUT2D eigenvalue weighted by atomic mass is 10.0. The lowest BCUT2D eigenvalue weighted by molar-refractivity contribution is 0.287. The standard InChI is InChI=1S/C15H17BrClNO2S/c1-3-19-12-6-10(11(17)7-13(12)20-4-2)15(18)9-5-14(16)21-8-9/h5-8,15H,3-4,18H2,1-2H3. The van der Waals surface area contributed by atoms with Gasteiger partial charge in [0, 0.05) is 11.1 Å². The molecule has 0 aliphatic rings. The molecule has 0 radical (unpaired) electrons. The van der Waals surface area contributed by atoms with Crippen LogP contribution in [0.25, 0.3) is 0 Å². The minimum absolute atomic E-state index is 0.296. The molecule has 1 heterocycles. The zero-order valence-corrected chi connectivity index (χ0v) is 15.0. The van der Waals surface area contributed by atoms with E-state index in [0.29, 0.717) is 29.7 Å². The highest BCUT2D eigenvalue weighted by Gasteiger charge is 2.18. The van der Waals surface area contributed by atoms with E-state index >= 15 is 0 Å². The largest absolute Gasteiger partial charge is 0.490 e. The highest BCUT2D eigenvalue weighted by molar-refractivity contribution is 9.11. The third-order valence-corrected chi connectivity index (χ3v) is 4.79. The molecule has 21 heavy (non-hydrogen) atoms. The molecule has 2 aromatic rings. The van der Waals surface area contributed by atoms with Gasteiger partial charge in [0.1, 0.15) is 0 Å². The van der Waals surface area contributed by atoms with Gasteiger partial charge in [-0.25, -0.2) is 0 Å². The Kier molecular flexibility index (Phi) is 5.93. The molecule has 1 aromatic carbocycles. The molecule has 0 saturated heterocycles. The zero-order valence-electron chi connectivity index (χ0n) is 11.9. The first-order valence-electron chi connectivity index (χ1n) is 6.65. The van der Waals surface area contributed by atoms with E-state index in [0.717, 1.165) is 14.9 Å². The fourth-order valence-electron chi connectivity index (χ4n) is 1.99. The van der Waals surface area contributed by atoms with Crippen molar-refractivity contribution >= 4 is 38.9 Å².